The molecule has 0 aliphatic heterocycles. The number of nitrogens with one attached hydrogen (secondary N) is 2. The highest BCUT2D eigenvalue weighted by Crippen LogP contribution is 2.38. The third kappa shape index (κ3) is 4.17. The molecular formula is C26H27N3O3. The van der Waals surface area contributed by atoms with Gasteiger partial charge in [0.25, 0.3) is 5.91 Å². The molecule has 0 saturated heterocycles. The molecule has 5 rings (SSSR count). The van der Waals surface area contributed by atoms with E-state index in [2.05, 4.69) is 17.6 Å². The van der Waals surface area contributed by atoms with Gasteiger partial charge in [0.05, 0.1) is 23.0 Å². The van der Waals surface area contributed by atoms with Gasteiger partial charge in [-0.15, -0.1) is 0 Å². The Morgan fingerprint density at radius 3 is 2.69 bits per heavy atom. The van der Waals surface area contributed by atoms with Crippen LogP contribution in [0, 0.1) is 11.8 Å². The highest BCUT2D eigenvalue weighted by molar-refractivity contribution is 6.09. The number of allylic oxidation sites excluding steroid dienone is 1. The normalized spacial score (nSPS) is 19.0. The molecule has 0 bridgehead atoms. The van der Waals surface area contributed by atoms with Crippen molar-refractivity contribution in [1.29, 1.82) is 0 Å². The third-order valence-corrected chi connectivity index (χ3v) is 6.16. The van der Waals surface area contributed by atoms with Gasteiger partial charge < -0.3 is 15.1 Å². The minimum Gasteiger partial charge on any atom is -0.465 e. The molecule has 3 aromatic rings. The SMILES string of the molecule is CC1C/C(=C\c2ccco2)c2nc3ccccc3c(C(=O)NCCNC(=O)C3CC3)c2C1. The van der Waals surface area contributed by atoms with Crippen LogP contribution in [0.25, 0.3) is 22.6 Å². The van der Waals surface area contributed by atoms with Gasteiger partial charge in [0.1, 0.15) is 5.76 Å². The number of carbonyl (C=O) groups is 2. The first-order valence-electron chi connectivity index (χ1n) is 11.3. The lowest BCUT2D eigenvalue weighted by Gasteiger charge is -2.26. The molecule has 32 heavy (non-hydrogen) atoms. The van der Waals surface area contributed by atoms with Gasteiger partial charge in [-0.1, -0.05) is 25.1 Å². The second kappa shape index (κ2) is 8.61. The minimum absolute atomic E-state index is 0.0903. The van der Waals surface area contributed by atoms with Crippen LogP contribution in [-0.2, 0) is 11.2 Å². The Kier molecular flexibility index (Phi) is 5.52. The molecule has 0 radical (unpaired) electrons. The number of hydrogen-bond donors (Lipinski definition) is 2. The molecule has 2 amide bonds. The first-order chi connectivity index (χ1) is 15.6. The zero-order valence-electron chi connectivity index (χ0n) is 18.2. The van der Waals surface area contributed by atoms with E-state index in [1.165, 1.54) is 0 Å². The van der Waals surface area contributed by atoms with E-state index in [0.717, 1.165) is 59.2 Å². The summed E-state index contributed by atoms with van der Waals surface area (Å²) in [6, 6.07) is 11.6. The van der Waals surface area contributed by atoms with Crippen molar-refractivity contribution in [1.82, 2.24) is 15.6 Å². The van der Waals surface area contributed by atoms with E-state index in [9.17, 15) is 9.59 Å². The quantitative estimate of drug-likeness (QED) is 0.575. The largest absolute Gasteiger partial charge is 0.465 e. The molecule has 2 aliphatic rings. The number of fused-ring (bicyclic) bond motifs is 2. The molecule has 0 spiro atoms. The molecule has 2 aliphatic carbocycles. The molecular weight excluding hydrogens is 402 g/mol. The second-order valence-electron chi connectivity index (χ2n) is 8.85. The first kappa shape index (κ1) is 20.5. The minimum atomic E-state index is -0.119. The van der Waals surface area contributed by atoms with E-state index < -0.39 is 0 Å². The van der Waals surface area contributed by atoms with Gasteiger partial charge in [0, 0.05) is 24.4 Å². The fraction of sp³-hybridized carbons (Fsp3) is 0.346. The molecule has 1 saturated carbocycles. The average Bonchev–Trinajstić information content (AvgIpc) is 3.52. The summed E-state index contributed by atoms with van der Waals surface area (Å²) in [5.41, 5.74) is 4.45. The van der Waals surface area contributed by atoms with Crippen molar-refractivity contribution < 1.29 is 14.0 Å². The van der Waals surface area contributed by atoms with Crippen LogP contribution in [0.3, 0.4) is 0 Å². The lowest BCUT2D eigenvalue weighted by Crippen LogP contribution is -2.36. The van der Waals surface area contributed by atoms with Crippen molar-refractivity contribution in [3.8, 4) is 0 Å². The van der Waals surface area contributed by atoms with Crippen LogP contribution in [0.2, 0.25) is 0 Å². The van der Waals surface area contributed by atoms with E-state index in [-0.39, 0.29) is 17.7 Å². The number of hydrogen-bond acceptors (Lipinski definition) is 4. The van der Waals surface area contributed by atoms with Crippen LogP contribution >= 0.6 is 0 Å². The van der Waals surface area contributed by atoms with Gasteiger partial charge in [-0.3, -0.25) is 9.59 Å². The summed E-state index contributed by atoms with van der Waals surface area (Å²) in [4.78, 5) is 30.2. The maximum absolute atomic E-state index is 13.4. The van der Waals surface area contributed by atoms with Crippen molar-refractivity contribution in [2.45, 2.75) is 32.6 Å². The van der Waals surface area contributed by atoms with Crippen LogP contribution in [-0.4, -0.2) is 29.9 Å². The highest BCUT2D eigenvalue weighted by atomic mass is 16.3. The van der Waals surface area contributed by atoms with E-state index in [4.69, 9.17) is 9.40 Å². The standard InChI is InChI=1S/C26H27N3O3/c1-16-13-18(15-19-5-4-12-32-19)24-21(14-16)23(20-6-2-3-7-22(20)29-24)26(31)28-11-10-27-25(30)17-8-9-17/h2-7,12,15-17H,8-11,13-14H2,1H3,(H,27,30)(H,28,31)/b18-15+. The number of para-hydroxylation sites is 1. The molecule has 2 aromatic heterocycles. The highest BCUT2D eigenvalue weighted by Gasteiger charge is 2.30. The topological polar surface area (TPSA) is 84.2 Å². The summed E-state index contributed by atoms with van der Waals surface area (Å²) in [6.45, 7) is 3.03. The number of furan rings is 1. The maximum Gasteiger partial charge on any atom is 0.252 e. The summed E-state index contributed by atoms with van der Waals surface area (Å²) in [5.74, 6) is 1.31. The Bertz CT molecular complexity index is 1190. The van der Waals surface area contributed by atoms with Gasteiger partial charge in [-0.25, -0.2) is 4.98 Å². The molecule has 1 fully saturated rings. The molecule has 6 heteroatoms. The Labute approximate surface area is 187 Å². The van der Waals surface area contributed by atoms with E-state index in [1.807, 2.05) is 42.5 Å². The Balaban J connectivity index is 1.48. The van der Waals surface area contributed by atoms with Crippen molar-refractivity contribution in [2.24, 2.45) is 11.8 Å². The number of amides is 2. The fourth-order valence-corrected chi connectivity index (χ4v) is 4.48. The average molecular weight is 430 g/mol. The first-order valence-corrected chi connectivity index (χ1v) is 11.3. The van der Waals surface area contributed by atoms with Gasteiger partial charge >= 0.3 is 0 Å². The number of carbonyl (C=O) groups excluding carboxylic acids is 2. The monoisotopic (exact) mass is 429 g/mol. The van der Waals surface area contributed by atoms with Gasteiger partial charge in [0.2, 0.25) is 5.91 Å². The summed E-state index contributed by atoms with van der Waals surface area (Å²) in [5, 5.41) is 6.77. The van der Waals surface area contributed by atoms with E-state index in [1.54, 1.807) is 6.26 Å². The fourth-order valence-electron chi connectivity index (χ4n) is 4.48. The summed E-state index contributed by atoms with van der Waals surface area (Å²) in [7, 11) is 0. The number of aromatic nitrogens is 1. The van der Waals surface area contributed by atoms with Crippen LogP contribution in [0.15, 0.2) is 47.1 Å². The molecule has 1 aromatic carbocycles. The van der Waals surface area contributed by atoms with Gasteiger partial charge in [-0.05, 0) is 67.0 Å². The van der Waals surface area contributed by atoms with Crippen molar-refractivity contribution >= 4 is 34.4 Å². The Morgan fingerprint density at radius 2 is 1.91 bits per heavy atom. The second-order valence-corrected chi connectivity index (χ2v) is 8.85. The van der Waals surface area contributed by atoms with Crippen molar-refractivity contribution in [3.63, 3.8) is 0 Å². The number of pyridine rings is 1. The Morgan fingerprint density at radius 1 is 1.09 bits per heavy atom. The molecule has 6 nitrogen and oxygen atoms in total. The number of rotatable bonds is 6. The molecule has 2 heterocycles. The zero-order chi connectivity index (χ0) is 22.1. The van der Waals surface area contributed by atoms with Gasteiger partial charge in [-0.2, -0.15) is 0 Å². The number of benzene rings is 1. The molecule has 1 unspecified atom stereocenters. The predicted octanol–water partition coefficient (Wildman–Crippen LogP) is 4.21. The van der Waals surface area contributed by atoms with Crippen LogP contribution in [0.1, 0.15) is 53.6 Å². The summed E-state index contributed by atoms with van der Waals surface area (Å²) < 4.78 is 5.54. The number of nitrogens with zero attached hydrogens (tertiary/aromatic N) is 1. The molecule has 2 N–H and O–H groups in total. The molecule has 164 valence electrons. The lowest BCUT2D eigenvalue weighted by molar-refractivity contribution is -0.122. The predicted molar refractivity (Wildman–Crippen MR) is 124 cm³/mol. The smallest absolute Gasteiger partial charge is 0.252 e. The third-order valence-electron chi connectivity index (χ3n) is 6.16. The van der Waals surface area contributed by atoms with Crippen LogP contribution < -0.4 is 10.6 Å². The summed E-state index contributed by atoms with van der Waals surface area (Å²) in [6.07, 6.45) is 7.31. The Hall–Kier alpha value is -3.41. The van der Waals surface area contributed by atoms with Crippen LogP contribution in [0.5, 0.6) is 0 Å². The van der Waals surface area contributed by atoms with E-state index >= 15 is 0 Å². The zero-order valence-corrected chi connectivity index (χ0v) is 18.2. The van der Waals surface area contributed by atoms with Crippen molar-refractivity contribution in [3.05, 3.63) is 65.2 Å². The summed E-state index contributed by atoms with van der Waals surface area (Å²) >= 11 is 0. The molecule has 1 atom stereocenters. The van der Waals surface area contributed by atoms with E-state index in [0.29, 0.717) is 24.6 Å². The van der Waals surface area contributed by atoms with Crippen molar-refractivity contribution in [2.75, 3.05) is 13.1 Å². The lowest BCUT2D eigenvalue weighted by atomic mass is 9.80. The maximum atomic E-state index is 13.4. The van der Waals surface area contributed by atoms with Crippen LogP contribution in [0.4, 0.5) is 0 Å². The van der Waals surface area contributed by atoms with Gasteiger partial charge in [0.15, 0.2) is 0 Å².